The van der Waals surface area contributed by atoms with Gasteiger partial charge in [0.25, 0.3) is 0 Å². The van der Waals surface area contributed by atoms with E-state index in [0.717, 1.165) is 25.9 Å². The molecule has 1 rings (SSSR count). The fourth-order valence-corrected chi connectivity index (χ4v) is 2.03. The Balaban J connectivity index is 2.10. The molecule has 0 aliphatic carbocycles. The highest BCUT2D eigenvalue weighted by Crippen LogP contribution is 2.17. The zero-order valence-electron chi connectivity index (χ0n) is 10.1. The summed E-state index contributed by atoms with van der Waals surface area (Å²) in [6.45, 7) is 6.20. The summed E-state index contributed by atoms with van der Waals surface area (Å²) in [5, 5.41) is 6.46. The summed E-state index contributed by atoms with van der Waals surface area (Å²) in [4.78, 5) is 11.5. The lowest BCUT2D eigenvalue weighted by molar-refractivity contribution is -0.121. The number of unbranched alkanes of at least 4 members (excludes halogenated alkanes) is 2. The van der Waals surface area contributed by atoms with E-state index in [4.69, 9.17) is 0 Å². The molecule has 88 valence electrons. The van der Waals surface area contributed by atoms with Crippen LogP contribution in [0.4, 0.5) is 0 Å². The Bertz CT molecular complexity index is 198. The summed E-state index contributed by atoms with van der Waals surface area (Å²) in [5.74, 6) is 0.207. The SMILES string of the molecule is CCCCCC(=O)NCC1(C)CCCN1. The minimum absolute atomic E-state index is 0.139. The topological polar surface area (TPSA) is 41.1 Å². The third-order valence-corrected chi connectivity index (χ3v) is 3.14. The molecule has 1 aliphatic rings. The van der Waals surface area contributed by atoms with Gasteiger partial charge in [0.2, 0.25) is 5.91 Å². The first-order chi connectivity index (χ1) is 7.16. The van der Waals surface area contributed by atoms with Gasteiger partial charge < -0.3 is 10.6 Å². The van der Waals surface area contributed by atoms with E-state index >= 15 is 0 Å². The molecule has 3 nitrogen and oxygen atoms in total. The minimum atomic E-state index is 0.139. The molecule has 0 aromatic rings. The first kappa shape index (κ1) is 12.5. The lowest BCUT2D eigenvalue weighted by atomic mass is 10.0. The van der Waals surface area contributed by atoms with Crippen LogP contribution < -0.4 is 10.6 Å². The molecule has 1 aliphatic heterocycles. The number of hydrogen-bond donors (Lipinski definition) is 2. The molecule has 3 heteroatoms. The number of rotatable bonds is 6. The van der Waals surface area contributed by atoms with Crippen LogP contribution in [-0.4, -0.2) is 24.5 Å². The monoisotopic (exact) mass is 212 g/mol. The van der Waals surface area contributed by atoms with E-state index < -0.39 is 0 Å². The standard InChI is InChI=1S/C12H24N2O/c1-3-4-5-7-11(15)13-10-12(2)8-6-9-14-12/h14H,3-10H2,1-2H3,(H,13,15). The fourth-order valence-electron chi connectivity index (χ4n) is 2.03. The number of carbonyl (C=O) groups is 1. The number of hydrogen-bond acceptors (Lipinski definition) is 2. The second kappa shape index (κ2) is 6.11. The van der Waals surface area contributed by atoms with Crippen molar-refractivity contribution >= 4 is 5.91 Å². The highest BCUT2D eigenvalue weighted by atomic mass is 16.1. The second-order valence-electron chi connectivity index (χ2n) is 4.82. The van der Waals surface area contributed by atoms with Gasteiger partial charge in [-0.05, 0) is 32.7 Å². The minimum Gasteiger partial charge on any atom is -0.354 e. The third kappa shape index (κ3) is 4.65. The molecule has 0 saturated carbocycles. The summed E-state index contributed by atoms with van der Waals surface area (Å²) in [6.07, 6.45) is 6.43. The predicted molar refractivity (Wildman–Crippen MR) is 62.8 cm³/mol. The lowest BCUT2D eigenvalue weighted by Gasteiger charge is -2.24. The van der Waals surface area contributed by atoms with Crippen molar-refractivity contribution in [2.45, 2.75) is 57.9 Å². The van der Waals surface area contributed by atoms with Gasteiger partial charge in [-0.1, -0.05) is 19.8 Å². The van der Waals surface area contributed by atoms with Gasteiger partial charge in [0.1, 0.15) is 0 Å². The summed E-state index contributed by atoms with van der Waals surface area (Å²) in [5.41, 5.74) is 0.139. The Hall–Kier alpha value is -0.570. The van der Waals surface area contributed by atoms with Crippen molar-refractivity contribution in [3.05, 3.63) is 0 Å². The Morgan fingerprint density at radius 3 is 2.87 bits per heavy atom. The van der Waals surface area contributed by atoms with Crippen molar-refractivity contribution in [1.82, 2.24) is 10.6 Å². The zero-order chi connectivity index (χ0) is 11.1. The molecule has 1 unspecified atom stereocenters. The fraction of sp³-hybridized carbons (Fsp3) is 0.917. The van der Waals surface area contributed by atoms with Crippen LogP contribution in [0.15, 0.2) is 0 Å². The van der Waals surface area contributed by atoms with Crippen LogP contribution in [0.5, 0.6) is 0 Å². The van der Waals surface area contributed by atoms with Crippen LogP contribution >= 0.6 is 0 Å². The van der Waals surface area contributed by atoms with E-state index in [1.165, 1.54) is 19.3 Å². The molecular formula is C12H24N2O. The summed E-state index contributed by atoms with van der Waals surface area (Å²) < 4.78 is 0. The van der Waals surface area contributed by atoms with Gasteiger partial charge >= 0.3 is 0 Å². The van der Waals surface area contributed by atoms with E-state index in [1.54, 1.807) is 0 Å². The van der Waals surface area contributed by atoms with E-state index in [9.17, 15) is 4.79 Å². The number of nitrogens with one attached hydrogen (secondary N) is 2. The molecule has 0 aromatic carbocycles. The van der Waals surface area contributed by atoms with E-state index in [0.29, 0.717) is 6.42 Å². The molecule has 0 radical (unpaired) electrons. The van der Waals surface area contributed by atoms with E-state index in [-0.39, 0.29) is 11.4 Å². The van der Waals surface area contributed by atoms with E-state index in [1.807, 2.05) is 0 Å². The maximum absolute atomic E-state index is 11.5. The Morgan fingerprint density at radius 1 is 1.47 bits per heavy atom. The van der Waals surface area contributed by atoms with Crippen LogP contribution in [0, 0.1) is 0 Å². The summed E-state index contributed by atoms with van der Waals surface area (Å²) in [6, 6.07) is 0. The molecule has 1 heterocycles. The Morgan fingerprint density at radius 2 is 2.27 bits per heavy atom. The summed E-state index contributed by atoms with van der Waals surface area (Å²) in [7, 11) is 0. The molecule has 1 atom stereocenters. The molecule has 1 fully saturated rings. The maximum atomic E-state index is 11.5. The van der Waals surface area contributed by atoms with Gasteiger partial charge in [0.15, 0.2) is 0 Å². The smallest absolute Gasteiger partial charge is 0.220 e. The first-order valence-corrected chi connectivity index (χ1v) is 6.18. The van der Waals surface area contributed by atoms with Crippen LogP contribution in [-0.2, 0) is 4.79 Å². The van der Waals surface area contributed by atoms with Crippen molar-refractivity contribution in [2.75, 3.05) is 13.1 Å². The highest BCUT2D eigenvalue weighted by molar-refractivity contribution is 5.75. The maximum Gasteiger partial charge on any atom is 0.220 e. The van der Waals surface area contributed by atoms with Crippen molar-refractivity contribution in [1.29, 1.82) is 0 Å². The van der Waals surface area contributed by atoms with Gasteiger partial charge in [-0.3, -0.25) is 4.79 Å². The Kier molecular flexibility index (Phi) is 5.09. The lowest BCUT2D eigenvalue weighted by Crippen LogP contribution is -2.47. The average molecular weight is 212 g/mol. The van der Waals surface area contributed by atoms with Crippen LogP contribution in [0.3, 0.4) is 0 Å². The van der Waals surface area contributed by atoms with Gasteiger partial charge in [0, 0.05) is 18.5 Å². The van der Waals surface area contributed by atoms with Crippen molar-refractivity contribution < 1.29 is 4.79 Å². The quantitative estimate of drug-likeness (QED) is 0.659. The summed E-state index contributed by atoms with van der Waals surface area (Å²) >= 11 is 0. The second-order valence-corrected chi connectivity index (χ2v) is 4.82. The van der Waals surface area contributed by atoms with Crippen LogP contribution in [0.25, 0.3) is 0 Å². The predicted octanol–water partition coefficient (Wildman–Crippen LogP) is 1.82. The largest absolute Gasteiger partial charge is 0.354 e. The molecule has 0 aromatic heterocycles. The molecule has 0 bridgehead atoms. The molecule has 2 N–H and O–H groups in total. The van der Waals surface area contributed by atoms with Gasteiger partial charge in [0.05, 0.1) is 0 Å². The highest BCUT2D eigenvalue weighted by Gasteiger charge is 2.27. The van der Waals surface area contributed by atoms with Crippen molar-refractivity contribution in [3.8, 4) is 0 Å². The van der Waals surface area contributed by atoms with Crippen molar-refractivity contribution in [2.24, 2.45) is 0 Å². The molecule has 1 saturated heterocycles. The molecule has 1 amide bonds. The van der Waals surface area contributed by atoms with Gasteiger partial charge in [-0.15, -0.1) is 0 Å². The van der Waals surface area contributed by atoms with E-state index in [2.05, 4.69) is 24.5 Å². The zero-order valence-corrected chi connectivity index (χ0v) is 10.1. The van der Waals surface area contributed by atoms with Crippen LogP contribution in [0.2, 0.25) is 0 Å². The Labute approximate surface area is 93.0 Å². The first-order valence-electron chi connectivity index (χ1n) is 6.18. The van der Waals surface area contributed by atoms with Gasteiger partial charge in [-0.2, -0.15) is 0 Å². The third-order valence-electron chi connectivity index (χ3n) is 3.14. The number of carbonyl (C=O) groups excluding carboxylic acids is 1. The average Bonchev–Trinajstić information content (AvgIpc) is 2.64. The molecule has 0 spiro atoms. The van der Waals surface area contributed by atoms with Crippen LogP contribution in [0.1, 0.15) is 52.4 Å². The van der Waals surface area contributed by atoms with Gasteiger partial charge in [-0.25, -0.2) is 0 Å². The number of amides is 1. The molecular weight excluding hydrogens is 188 g/mol. The molecule has 15 heavy (non-hydrogen) atoms. The normalized spacial score (nSPS) is 25.5. The van der Waals surface area contributed by atoms with Crippen molar-refractivity contribution in [3.63, 3.8) is 0 Å².